The Kier molecular flexibility index (Phi) is 4.41. The van der Waals surface area contributed by atoms with Crippen molar-refractivity contribution >= 4 is 11.9 Å². The third-order valence-corrected chi connectivity index (χ3v) is 5.40. The fraction of sp³-hybridized carbons (Fsp3) is 0.400. The van der Waals surface area contributed by atoms with Gasteiger partial charge in [0, 0.05) is 38.1 Å². The molecule has 0 atom stereocenters. The van der Waals surface area contributed by atoms with Crippen molar-refractivity contribution in [2.45, 2.75) is 18.3 Å². The normalized spacial score (nSPS) is 18.5. The Morgan fingerprint density at radius 3 is 2.27 bits per heavy atom. The van der Waals surface area contributed by atoms with Gasteiger partial charge in [-0.15, -0.1) is 0 Å². The van der Waals surface area contributed by atoms with Crippen LogP contribution in [0.5, 0.6) is 0 Å². The Bertz CT molecular complexity index is 761. The van der Waals surface area contributed by atoms with Gasteiger partial charge in [0.05, 0.1) is 6.26 Å². The minimum Gasteiger partial charge on any atom is -0.459 e. The fourth-order valence-electron chi connectivity index (χ4n) is 3.54. The third-order valence-electron chi connectivity index (χ3n) is 5.40. The highest BCUT2D eigenvalue weighted by Crippen LogP contribution is 2.47. The highest BCUT2D eigenvalue weighted by Gasteiger charge is 2.44. The molecule has 3 amide bonds. The summed E-state index contributed by atoms with van der Waals surface area (Å²) in [6.07, 6.45) is 3.73. The monoisotopic (exact) mass is 353 g/mol. The van der Waals surface area contributed by atoms with E-state index in [2.05, 4.69) is 17.4 Å². The largest absolute Gasteiger partial charge is 0.459 e. The van der Waals surface area contributed by atoms with Crippen LogP contribution in [-0.2, 0) is 5.41 Å². The zero-order valence-corrected chi connectivity index (χ0v) is 14.7. The van der Waals surface area contributed by atoms with Gasteiger partial charge in [0.15, 0.2) is 5.76 Å². The smallest absolute Gasteiger partial charge is 0.317 e. The number of benzene rings is 1. The van der Waals surface area contributed by atoms with Gasteiger partial charge in [0.1, 0.15) is 0 Å². The van der Waals surface area contributed by atoms with Crippen molar-refractivity contribution < 1.29 is 14.0 Å². The molecule has 26 heavy (non-hydrogen) atoms. The van der Waals surface area contributed by atoms with Crippen LogP contribution in [0.2, 0.25) is 0 Å². The van der Waals surface area contributed by atoms with Crippen molar-refractivity contribution in [2.24, 2.45) is 0 Å². The molecule has 4 rings (SSSR count). The van der Waals surface area contributed by atoms with E-state index in [-0.39, 0.29) is 17.4 Å². The number of amides is 3. The molecule has 2 heterocycles. The van der Waals surface area contributed by atoms with E-state index in [4.69, 9.17) is 4.42 Å². The molecule has 0 spiro atoms. The number of hydrogen-bond acceptors (Lipinski definition) is 3. The average molecular weight is 353 g/mol. The second kappa shape index (κ2) is 6.86. The number of hydrogen-bond donors (Lipinski definition) is 1. The van der Waals surface area contributed by atoms with Crippen LogP contribution in [-0.4, -0.2) is 54.5 Å². The van der Waals surface area contributed by atoms with Crippen molar-refractivity contribution in [3.63, 3.8) is 0 Å². The summed E-state index contributed by atoms with van der Waals surface area (Å²) < 4.78 is 5.16. The summed E-state index contributed by atoms with van der Waals surface area (Å²) in [5, 5.41) is 3.09. The zero-order chi connectivity index (χ0) is 18.0. The molecule has 6 nitrogen and oxygen atoms in total. The molecule has 2 fully saturated rings. The Morgan fingerprint density at radius 2 is 1.65 bits per heavy atom. The molecule has 0 radical (unpaired) electrons. The number of carbonyl (C=O) groups is 2. The van der Waals surface area contributed by atoms with Crippen LogP contribution in [0, 0.1) is 0 Å². The topological polar surface area (TPSA) is 65.8 Å². The summed E-state index contributed by atoms with van der Waals surface area (Å²) in [4.78, 5) is 28.3. The zero-order valence-electron chi connectivity index (χ0n) is 14.7. The molecule has 1 aliphatic carbocycles. The lowest BCUT2D eigenvalue weighted by Gasteiger charge is -2.34. The SMILES string of the molecule is O=C(NCC1(c2ccccc2)CC1)N1CCN(C(=O)c2ccco2)CC1. The summed E-state index contributed by atoms with van der Waals surface area (Å²) in [5.41, 5.74) is 1.41. The molecule has 2 aliphatic rings. The molecule has 0 bridgehead atoms. The van der Waals surface area contributed by atoms with Crippen molar-refractivity contribution in [1.82, 2.24) is 15.1 Å². The van der Waals surface area contributed by atoms with Crippen LogP contribution in [0.4, 0.5) is 4.79 Å². The van der Waals surface area contributed by atoms with Crippen LogP contribution < -0.4 is 5.32 Å². The lowest BCUT2D eigenvalue weighted by molar-refractivity contribution is 0.0634. The molecule has 1 N–H and O–H groups in total. The minimum atomic E-state index is -0.115. The van der Waals surface area contributed by atoms with Crippen LogP contribution in [0.25, 0.3) is 0 Å². The molecule has 6 heteroatoms. The van der Waals surface area contributed by atoms with Crippen molar-refractivity contribution in [3.8, 4) is 0 Å². The van der Waals surface area contributed by atoms with E-state index in [9.17, 15) is 9.59 Å². The van der Waals surface area contributed by atoms with Crippen LogP contribution in [0.1, 0.15) is 29.0 Å². The molecule has 136 valence electrons. The standard InChI is InChI=1S/C20H23N3O3/c24-18(17-7-4-14-26-17)22-10-12-23(13-11-22)19(25)21-15-20(8-9-20)16-5-2-1-3-6-16/h1-7,14H,8-13,15H2,(H,21,25). The maximum absolute atomic E-state index is 12.5. The van der Waals surface area contributed by atoms with Gasteiger partial charge in [0.2, 0.25) is 0 Å². The first kappa shape index (κ1) is 16.7. The van der Waals surface area contributed by atoms with Gasteiger partial charge in [0.25, 0.3) is 5.91 Å². The Labute approximate surface area is 152 Å². The number of rotatable bonds is 4. The maximum atomic E-state index is 12.5. The quantitative estimate of drug-likeness (QED) is 0.918. The second-order valence-electron chi connectivity index (χ2n) is 7.06. The van der Waals surface area contributed by atoms with Crippen molar-refractivity contribution in [2.75, 3.05) is 32.7 Å². The molecule has 1 aromatic carbocycles. The van der Waals surface area contributed by atoms with E-state index in [0.717, 1.165) is 12.8 Å². The van der Waals surface area contributed by atoms with Gasteiger partial charge < -0.3 is 19.5 Å². The van der Waals surface area contributed by atoms with E-state index >= 15 is 0 Å². The molecule has 1 saturated heterocycles. The van der Waals surface area contributed by atoms with E-state index in [0.29, 0.717) is 38.5 Å². The third kappa shape index (κ3) is 3.31. The van der Waals surface area contributed by atoms with E-state index in [1.807, 2.05) is 18.2 Å². The number of carbonyl (C=O) groups excluding carboxylic acids is 2. The molecular formula is C20H23N3O3. The van der Waals surface area contributed by atoms with E-state index in [1.165, 1.54) is 11.8 Å². The molecule has 1 aromatic heterocycles. The summed E-state index contributed by atoms with van der Waals surface area (Å²) >= 11 is 0. The van der Waals surface area contributed by atoms with Gasteiger partial charge in [-0.2, -0.15) is 0 Å². The molecule has 1 aliphatic heterocycles. The number of nitrogens with zero attached hydrogens (tertiary/aromatic N) is 2. The number of furan rings is 1. The first-order valence-corrected chi connectivity index (χ1v) is 9.09. The second-order valence-corrected chi connectivity index (χ2v) is 7.06. The summed E-state index contributed by atoms with van der Waals surface area (Å²) in [5.74, 6) is 0.234. The maximum Gasteiger partial charge on any atom is 0.317 e. The average Bonchev–Trinajstić information content (AvgIpc) is 3.29. The van der Waals surface area contributed by atoms with Crippen LogP contribution in [0.3, 0.4) is 0 Å². The first-order valence-electron chi connectivity index (χ1n) is 9.09. The van der Waals surface area contributed by atoms with Crippen molar-refractivity contribution in [3.05, 3.63) is 60.1 Å². The molecule has 0 unspecified atom stereocenters. The lowest BCUT2D eigenvalue weighted by atomic mass is 9.96. The van der Waals surface area contributed by atoms with Crippen molar-refractivity contribution in [1.29, 1.82) is 0 Å². The van der Waals surface area contributed by atoms with Gasteiger partial charge in [-0.05, 0) is 30.5 Å². The predicted octanol–water partition coefficient (Wildman–Crippen LogP) is 2.48. The number of nitrogens with one attached hydrogen (secondary N) is 1. The molecule has 1 saturated carbocycles. The molecule has 2 aromatic rings. The Hall–Kier alpha value is -2.76. The van der Waals surface area contributed by atoms with Gasteiger partial charge >= 0.3 is 6.03 Å². The predicted molar refractivity (Wildman–Crippen MR) is 96.9 cm³/mol. The van der Waals surface area contributed by atoms with Gasteiger partial charge in [-0.25, -0.2) is 4.79 Å². The van der Waals surface area contributed by atoms with Crippen LogP contribution >= 0.6 is 0 Å². The Balaban J connectivity index is 1.27. The molecular weight excluding hydrogens is 330 g/mol. The first-order chi connectivity index (χ1) is 12.7. The minimum absolute atomic E-state index is 0.0442. The van der Waals surface area contributed by atoms with E-state index in [1.54, 1.807) is 21.9 Å². The van der Waals surface area contributed by atoms with Crippen LogP contribution in [0.15, 0.2) is 53.1 Å². The van der Waals surface area contributed by atoms with E-state index < -0.39 is 0 Å². The number of piperazine rings is 1. The lowest BCUT2D eigenvalue weighted by Crippen LogP contribution is -2.53. The fourth-order valence-corrected chi connectivity index (χ4v) is 3.54. The number of urea groups is 1. The highest BCUT2D eigenvalue weighted by atomic mass is 16.3. The summed E-state index contributed by atoms with van der Waals surface area (Å²) in [6.45, 7) is 2.79. The summed E-state index contributed by atoms with van der Waals surface area (Å²) in [7, 11) is 0. The Morgan fingerprint density at radius 1 is 0.962 bits per heavy atom. The highest BCUT2D eigenvalue weighted by molar-refractivity contribution is 5.91. The van der Waals surface area contributed by atoms with Gasteiger partial charge in [-0.3, -0.25) is 4.79 Å². The summed E-state index contributed by atoms with van der Waals surface area (Å²) in [6, 6.07) is 13.7. The van der Waals surface area contributed by atoms with Gasteiger partial charge in [-0.1, -0.05) is 30.3 Å².